The Balaban J connectivity index is 1.08. The van der Waals surface area contributed by atoms with Gasteiger partial charge in [-0.25, -0.2) is 9.13 Å². The molecule has 0 amide bonds. The maximum absolute atomic E-state index is 13.2. The van der Waals surface area contributed by atoms with Crippen LogP contribution in [0.15, 0.2) is 0 Å². The van der Waals surface area contributed by atoms with Crippen LogP contribution in [-0.2, 0) is 83.6 Å². The molecule has 7 fully saturated rings. The van der Waals surface area contributed by atoms with Crippen molar-refractivity contribution < 1.29 is 170 Å². The summed E-state index contributed by atoms with van der Waals surface area (Å²) in [5.41, 5.74) is 8.52. The van der Waals surface area contributed by atoms with Crippen LogP contribution < -0.4 is 17.0 Å². The minimum Gasteiger partial charge on any atom is -0.394 e. The van der Waals surface area contributed by atoms with E-state index in [1.807, 2.05) is 0 Å². The van der Waals surface area contributed by atoms with Gasteiger partial charge in [0.2, 0.25) is 0 Å². The number of aliphatic hydroxyl groups excluding tert-OH is 17. The summed E-state index contributed by atoms with van der Waals surface area (Å²) in [7, 11) is -6.89. The van der Waals surface area contributed by atoms with Gasteiger partial charge in [0.25, 0.3) is 0 Å². The maximum atomic E-state index is 13.2. The third kappa shape index (κ3) is 14.0. The van der Waals surface area contributed by atoms with E-state index in [1.165, 1.54) is 0 Å². The third-order valence-electron chi connectivity index (χ3n) is 14.3. The fourth-order valence-electron chi connectivity index (χ4n) is 9.67. The summed E-state index contributed by atoms with van der Waals surface area (Å²) in [5.74, 6) is 5.23. The number of phosphoric ester groups is 2. The quantitative estimate of drug-likeness (QED) is 0.0195. The smallest absolute Gasteiger partial charge is 0.394 e. The summed E-state index contributed by atoms with van der Waals surface area (Å²) in [5, 5.41) is 184. The highest BCUT2D eigenvalue weighted by atomic mass is 31.2. The van der Waals surface area contributed by atoms with Gasteiger partial charge in [-0.2, -0.15) is 0 Å². The first kappa shape index (κ1) is 66.5. The van der Waals surface area contributed by atoms with E-state index in [4.69, 9.17) is 86.1 Å². The molecule has 0 radical (unpaired) electrons. The molecule has 38 nitrogen and oxygen atoms in total. The highest BCUT2D eigenvalue weighted by molar-refractivity contribution is 7.48. The molecule has 6 saturated heterocycles. The summed E-state index contributed by atoms with van der Waals surface area (Å²) in [4.78, 5) is 0. The number of phosphoric acid groups is 2. The van der Waals surface area contributed by atoms with Crippen LogP contribution in [0.25, 0.3) is 0 Å². The lowest BCUT2D eigenvalue weighted by Gasteiger charge is -2.49. The Hall–Kier alpha value is -0.980. The minimum absolute atomic E-state index is 0.0435. The standard InChI is InChI=1S/C40H73N3O35P2/c1-63-79(61,66-4-3-43-42)67-9-14-19(50)25(56)34(75-37-28(59)21(52)16(47)10(5-44)68-37)40(72-14)76-33-24(55)17(48)11(6-45)69-39(33)65-8-13-18(49)22(53)29(60)38(71-13)73-30-12(7-46)70-36(15(41)20(30)51)74-31-26(57)23(54)27(58)32-35(31)78-80(62,64-2)77-32/h10-40,43-60H,3-9,41-42H2,1-2H3. The first-order valence-electron chi connectivity index (χ1n) is 24.8. The van der Waals surface area contributed by atoms with Gasteiger partial charge in [0.1, 0.15) is 153 Å². The van der Waals surface area contributed by atoms with Crippen LogP contribution in [0.1, 0.15) is 0 Å². The van der Waals surface area contributed by atoms with E-state index in [0.717, 1.165) is 14.2 Å². The Labute approximate surface area is 453 Å². The van der Waals surface area contributed by atoms with Crippen molar-refractivity contribution in [2.24, 2.45) is 11.6 Å². The van der Waals surface area contributed by atoms with Crippen LogP contribution in [0.2, 0.25) is 0 Å². The topological polar surface area (TPSA) is 590 Å². The normalized spacial score (nSPS) is 50.9. The van der Waals surface area contributed by atoms with Crippen molar-refractivity contribution in [1.29, 1.82) is 0 Å². The summed E-state index contributed by atoms with van der Waals surface area (Å²) in [6.45, 7) is -5.21. The molecule has 0 aromatic rings. The number of hydrazine groups is 1. The predicted molar refractivity (Wildman–Crippen MR) is 245 cm³/mol. The van der Waals surface area contributed by atoms with Gasteiger partial charge in [-0.1, -0.05) is 0 Å². The molecule has 7 rings (SSSR count). The molecule has 80 heavy (non-hydrogen) atoms. The lowest BCUT2D eigenvalue weighted by atomic mass is 9.84. The molecule has 1 aliphatic carbocycles. The SMILES string of the molecule is COP(=O)(OCCNN)OCC1OC(OC2C(OCC3OC(OC4C(CO)OC(OC5C(O)C(O)C(O)C6OP(=O)(OC)OC56)C(N)C4O)C(O)C(O)C3O)OC(CO)C(O)C2O)C(OC2OC(CO)C(O)C(O)C2O)C(O)C1O. The van der Waals surface area contributed by atoms with Crippen molar-refractivity contribution in [3.63, 3.8) is 0 Å². The lowest BCUT2D eigenvalue weighted by molar-refractivity contribution is -0.396. The summed E-state index contributed by atoms with van der Waals surface area (Å²) >= 11 is 0. The van der Waals surface area contributed by atoms with Gasteiger partial charge in [-0.15, -0.1) is 0 Å². The number of rotatable bonds is 23. The molecule has 33 atom stereocenters. The maximum Gasteiger partial charge on any atom is 0.475 e. The van der Waals surface area contributed by atoms with E-state index in [2.05, 4.69) is 5.43 Å². The van der Waals surface area contributed by atoms with Crippen molar-refractivity contribution >= 4 is 15.6 Å². The number of aliphatic hydroxyl groups is 17. The van der Waals surface area contributed by atoms with Crippen molar-refractivity contribution in [3.05, 3.63) is 0 Å². The van der Waals surface area contributed by atoms with Gasteiger partial charge in [-0.05, 0) is 0 Å². The van der Waals surface area contributed by atoms with Crippen molar-refractivity contribution in [1.82, 2.24) is 5.43 Å². The Bertz CT molecular complexity index is 2040. The molecule has 0 bridgehead atoms. The number of ether oxygens (including phenoxy) is 10. The lowest BCUT2D eigenvalue weighted by Crippen LogP contribution is -2.69. The summed E-state index contributed by atoms with van der Waals surface area (Å²) in [6, 6.07) is -1.71. The van der Waals surface area contributed by atoms with Crippen molar-refractivity contribution in [2.45, 2.75) is 190 Å². The zero-order valence-electron chi connectivity index (χ0n) is 42.3. The molecular formula is C40H73N3O35P2. The van der Waals surface area contributed by atoms with E-state index in [9.17, 15) is 95.9 Å². The predicted octanol–water partition coefficient (Wildman–Crippen LogP) is -12.7. The molecule has 0 aromatic carbocycles. The summed E-state index contributed by atoms with van der Waals surface area (Å²) in [6.07, 6.45) is -58.5. The Kier molecular flexibility index (Phi) is 23.5. The van der Waals surface area contributed by atoms with Crippen molar-refractivity contribution in [3.8, 4) is 0 Å². The van der Waals surface area contributed by atoms with E-state index in [0.29, 0.717) is 0 Å². The second-order valence-corrected chi connectivity index (χ2v) is 22.9. The Morgan fingerprint density at radius 3 is 1.49 bits per heavy atom. The largest absolute Gasteiger partial charge is 0.475 e. The zero-order chi connectivity index (χ0) is 58.9. The molecule has 468 valence electrons. The van der Waals surface area contributed by atoms with Crippen LogP contribution in [-0.4, -0.2) is 337 Å². The Morgan fingerprint density at radius 2 is 0.912 bits per heavy atom. The fraction of sp³-hybridized carbons (Fsp3) is 1.00. The first-order valence-corrected chi connectivity index (χ1v) is 27.8. The third-order valence-corrected chi connectivity index (χ3v) is 17.2. The highest BCUT2D eigenvalue weighted by Gasteiger charge is 2.62. The minimum atomic E-state index is -4.45. The molecule has 6 aliphatic heterocycles. The van der Waals surface area contributed by atoms with Gasteiger partial charge in [-0.3, -0.25) is 38.4 Å². The number of hydrogen-bond acceptors (Lipinski definition) is 38. The number of nitrogens with two attached hydrogens (primary N) is 2. The number of hydrogen-bond donors (Lipinski definition) is 20. The average molecular weight is 1220 g/mol. The molecular weight excluding hydrogens is 1140 g/mol. The second-order valence-electron chi connectivity index (χ2n) is 19.4. The Morgan fingerprint density at radius 1 is 0.475 bits per heavy atom. The van der Waals surface area contributed by atoms with E-state index in [-0.39, 0.29) is 13.2 Å². The molecule has 6 heterocycles. The van der Waals surface area contributed by atoms with Gasteiger partial charge in [0.05, 0.1) is 45.7 Å². The number of nitrogens with one attached hydrogen (secondary N) is 1. The van der Waals surface area contributed by atoms with E-state index < -0.39 is 239 Å². The summed E-state index contributed by atoms with van der Waals surface area (Å²) < 4.78 is 114. The van der Waals surface area contributed by atoms with Crippen LogP contribution in [0.3, 0.4) is 0 Å². The fourth-order valence-corrected chi connectivity index (χ4v) is 11.9. The molecule has 40 heteroatoms. The van der Waals surface area contributed by atoms with Gasteiger partial charge >= 0.3 is 15.6 Å². The monoisotopic (exact) mass is 1220 g/mol. The van der Waals surface area contributed by atoms with Crippen LogP contribution in [0.4, 0.5) is 0 Å². The molecule has 7 aliphatic rings. The average Bonchev–Trinajstić information content (AvgIpc) is 3.98. The number of fused-ring (bicyclic) bond motifs is 1. The van der Waals surface area contributed by atoms with Crippen LogP contribution in [0.5, 0.6) is 0 Å². The molecule has 33 unspecified atom stereocenters. The molecule has 22 N–H and O–H groups in total. The van der Waals surface area contributed by atoms with Crippen LogP contribution >= 0.6 is 15.6 Å². The first-order chi connectivity index (χ1) is 37.8. The molecule has 0 aromatic heterocycles. The molecule has 1 saturated carbocycles. The molecule has 0 spiro atoms. The second kappa shape index (κ2) is 28.2. The van der Waals surface area contributed by atoms with Crippen LogP contribution in [0, 0.1) is 0 Å². The van der Waals surface area contributed by atoms with Gasteiger partial charge in [0.15, 0.2) is 31.5 Å². The van der Waals surface area contributed by atoms with E-state index in [1.54, 1.807) is 0 Å². The van der Waals surface area contributed by atoms with Gasteiger partial charge in [0, 0.05) is 20.8 Å². The van der Waals surface area contributed by atoms with Gasteiger partial charge < -0.3 is 140 Å². The van der Waals surface area contributed by atoms with E-state index >= 15 is 0 Å². The highest BCUT2D eigenvalue weighted by Crippen LogP contribution is 2.60. The zero-order valence-corrected chi connectivity index (χ0v) is 44.1. The van der Waals surface area contributed by atoms with Crippen molar-refractivity contribution in [2.75, 3.05) is 60.4 Å².